The van der Waals surface area contributed by atoms with Crippen LogP contribution in [-0.4, -0.2) is 16.0 Å². The van der Waals surface area contributed by atoms with Gasteiger partial charge in [-0.15, -0.1) is 11.3 Å². The van der Waals surface area contributed by atoms with E-state index in [1.54, 1.807) is 13.0 Å². The number of nitrogens with zero attached hydrogens (tertiary/aromatic N) is 3. The topological polar surface area (TPSA) is 91.8 Å². The second-order valence-corrected chi connectivity index (χ2v) is 7.90. The van der Waals surface area contributed by atoms with Crippen LogP contribution in [0.3, 0.4) is 0 Å². The highest BCUT2D eigenvalue weighted by Crippen LogP contribution is 2.31. The molecule has 4 aromatic rings. The molecule has 6 nitrogen and oxygen atoms in total. The van der Waals surface area contributed by atoms with Gasteiger partial charge in [0.15, 0.2) is 0 Å². The summed E-state index contributed by atoms with van der Waals surface area (Å²) in [4.78, 5) is 19.4. The number of halogens is 2. The van der Waals surface area contributed by atoms with Crippen molar-refractivity contribution in [2.75, 3.05) is 0 Å². The third-order valence-corrected chi connectivity index (χ3v) is 5.56. The smallest absolute Gasteiger partial charge is 0.259 e. The molecular formula is C21H14F2N4O2S. The molecule has 0 aliphatic rings. The van der Waals surface area contributed by atoms with E-state index in [1.165, 1.54) is 11.3 Å². The monoisotopic (exact) mass is 424 g/mol. The van der Waals surface area contributed by atoms with Crippen LogP contribution in [0.15, 0.2) is 40.9 Å². The molecular weight excluding hydrogens is 410 g/mol. The van der Waals surface area contributed by atoms with Gasteiger partial charge in [0, 0.05) is 16.5 Å². The minimum absolute atomic E-state index is 0.131. The van der Waals surface area contributed by atoms with Crippen LogP contribution in [0, 0.1) is 36.8 Å². The quantitative estimate of drug-likeness (QED) is 0.506. The van der Waals surface area contributed by atoms with Crippen LogP contribution in [0.4, 0.5) is 8.78 Å². The van der Waals surface area contributed by atoms with Gasteiger partial charge >= 0.3 is 0 Å². The minimum Gasteiger partial charge on any atom is -0.335 e. The Balaban J connectivity index is 1.76. The van der Waals surface area contributed by atoms with Gasteiger partial charge in [-0.25, -0.2) is 13.8 Å². The van der Waals surface area contributed by atoms with E-state index in [4.69, 9.17) is 4.52 Å². The second-order valence-electron chi connectivity index (χ2n) is 6.61. The fraction of sp³-hybridized carbons (Fsp3) is 0.143. The summed E-state index contributed by atoms with van der Waals surface area (Å²) in [6.07, 6.45) is 0. The summed E-state index contributed by atoms with van der Waals surface area (Å²) in [7, 11) is 0. The van der Waals surface area contributed by atoms with E-state index in [1.807, 2.05) is 25.1 Å². The van der Waals surface area contributed by atoms with Gasteiger partial charge < -0.3 is 9.84 Å². The summed E-state index contributed by atoms with van der Waals surface area (Å²) in [5.74, 6) is -2.32. The normalized spacial score (nSPS) is 12.0. The van der Waals surface area contributed by atoms with Crippen molar-refractivity contribution in [2.24, 2.45) is 0 Å². The summed E-state index contributed by atoms with van der Waals surface area (Å²) in [5.41, 5.74) is 1.22. The van der Waals surface area contributed by atoms with Crippen molar-refractivity contribution >= 4 is 28.3 Å². The second kappa shape index (κ2) is 7.65. The molecule has 30 heavy (non-hydrogen) atoms. The number of rotatable bonds is 4. The largest absolute Gasteiger partial charge is 0.335 e. The third kappa shape index (κ3) is 3.53. The summed E-state index contributed by atoms with van der Waals surface area (Å²) >= 11 is 1.50. The number of aryl methyl sites for hydroxylation is 2. The molecule has 0 saturated heterocycles. The maximum absolute atomic E-state index is 14.1. The predicted octanol–water partition coefficient (Wildman–Crippen LogP) is 4.84. The van der Waals surface area contributed by atoms with E-state index in [-0.39, 0.29) is 16.8 Å². The van der Waals surface area contributed by atoms with Crippen molar-refractivity contribution in [1.82, 2.24) is 15.5 Å². The minimum atomic E-state index is -1.31. The molecule has 3 aromatic heterocycles. The number of nitrogens with one attached hydrogen (secondary N) is 1. The first kappa shape index (κ1) is 19.7. The van der Waals surface area contributed by atoms with E-state index in [2.05, 4.69) is 15.5 Å². The Morgan fingerprint density at radius 1 is 1.23 bits per heavy atom. The number of thiophene rings is 1. The first-order valence-electron chi connectivity index (χ1n) is 8.86. The molecule has 1 unspecified atom stereocenters. The lowest BCUT2D eigenvalue weighted by Crippen LogP contribution is -2.28. The highest BCUT2D eigenvalue weighted by molar-refractivity contribution is 7.15. The van der Waals surface area contributed by atoms with Gasteiger partial charge in [0.05, 0.1) is 33.3 Å². The van der Waals surface area contributed by atoms with Crippen molar-refractivity contribution < 1.29 is 18.1 Å². The maximum Gasteiger partial charge on any atom is 0.259 e. The SMILES string of the molecule is Cc1ccc(-c2cc(C(=O)NC(C#N)c3ccc(F)cc3F)c3c(C)noc3n2)s1. The number of carbonyl (C=O) groups excluding carboxylic acids is 1. The molecule has 0 bridgehead atoms. The highest BCUT2D eigenvalue weighted by atomic mass is 32.1. The van der Waals surface area contributed by atoms with Crippen LogP contribution in [0.5, 0.6) is 0 Å². The zero-order chi connectivity index (χ0) is 21.4. The van der Waals surface area contributed by atoms with E-state index < -0.39 is 23.6 Å². The van der Waals surface area contributed by atoms with Crippen molar-refractivity contribution in [3.05, 3.63) is 69.7 Å². The van der Waals surface area contributed by atoms with Crippen molar-refractivity contribution in [3.63, 3.8) is 0 Å². The number of carbonyl (C=O) groups is 1. The molecule has 0 fully saturated rings. The van der Waals surface area contributed by atoms with E-state index in [0.29, 0.717) is 22.8 Å². The fourth-order valence-electron chi connectivity index (χ4n) is 3.10. The fourth-order valence-corrected chi connectivity index (χ4v) is 3.92. The van der Waals surface area contributed by atoms with Gasteiger partial charge in [-0.1, -0.05) is 11.2 Å². The van der Waals surface area contributed by atoms with Crippen LogP contribution in [-0.2, 0) is 0 Å². The Hall–Kier alpha value is -3.64. The van der Waals surface area contributed by atoms with Gasteiger partial charge in [0.25, 0.3) is 11.6 Å². The average molecular weight is 424 g/mol. The molecule has 0 spiro atoms. The summed E-state index contributed by atoms with van der Waals surface area (Å²) in [6.45, 7) is 3.62. The molecule has 4 rings (SSSR count). The average Bonchev–Trinajstić information content (AvgIpc) is 3.31. The van der Waals surface area contributed by atoms with E-state index in [9.17, 15) is 18.8 Å². The van der Waals surface area contributed by atoms with Crippen molar-refractivity contribution in [1.29, 1.82) is 5.26 Å². The number of fused-ring (bicyclic) bond motifs is 1. The molecule has 0 aliphatic carbocycles. The number of pyridine rings is 1. The van der Waals surface area contributed by atoms with Crippen molar-refractivity contribution in [2.45, 2.75) is 19.9 Å². The number of benzene rings is 1. The molecule has 0 aliphatic heterocycles. The summed E-state index contributed by atoms with van der Waals surface area (Å²) in [6, 6.07) is 8.75. The molecule has 1 aromatic carbocycles. The van der Waals surface area contributed by atoms with Crippen LogP contribution in [0.1, 0.15) is 32.5 Å². The molecule has 1 amide bonds. The van der Waals surface area contributed by atoms with Gasteiger partial charge in [-0.3, -0.25) is 4.79 Å². The lowest BCUT2D eigenvalue weighted by Gasteiger charge is -2.14. The molecule has 9 heteroatoms. The Kier molecular flexibility index (Phi) is 5.01. The Morgan fingerprint density at radius 2 is 2.03 bits per heavy atom. The molecule has 1 N–H and O–H groups in total. The van der Waals surface area contributed by atoms with E-state index >= 15 is 0 Å². The summed E-state index contributed by atoms with van der Waals surface area (Å²) in [5, 5.41) is 16.2. The molecule has 1 atom stereocenters. The maximum atomic E-state index is 14.1. The van der Waals surface area contributed by atoms with Crippen LogP contribution >= 0.6 is 11.3 Å². The van der Waals surface area contributed by atoms with Crippen molar-refractivity contribution in [3.8, 4) is 16.6 Å². The number of amides is 1. The Labute approximate surface area is 173 Å². The first-order valence-corrected chi connectivity index (χ1v) is 9.68. The van der Waals surface area contributed by atoms with Crippen LogP contribution in [0.2, 0.25) is 0 Å². The predicted molar refractivity (Wildman–Crippen MR) is 107 cm³/mol. The Bertz CT molecular complexity index is 1320. The molecule has 0 radical (unpaired) electrons. The highest BCUT2D eigenvalue weighted by Gasteiger charge is 2.24. The summed E-state index contributed by atoms with van der Waals surface area (Å²) < 4.78 is 32.6. The molecule has 150 valence electrons. The standard InChI is InChI=1S/C21H14F2N4O2S/c1-10-3-6-18(30-10)16-8-14(19-11(2)27-29-21(19)26-16)20(28)25-17(9-24)13-5-4-12(22)7-15(13)23/h3-8,17H,1-2H3,(H,25,28). The number of aromatic nitrogens is 2. The van der Waals surface area contributed by atoms with Gasteiger partial charge in [-0.2, -0.15) is 5.26 Å². The van der Waals surface area contributed by atoms with Crippen LogP contribution in [0.25, 0.3) is 21.7 Å². The third-order valence-electron chi connectivity index (χ3n) is 4.53. The van der Waals surface area contributed by atoms with E-state index in [0.717, 1.165) is 21.9 Å². The van der Waals surface area contributed by atoms with Crippen LogP contribution < -0.4 is 5.32 Å². The number of nitriles is 1. The van der Waals surface area contributed by atoms with Gasteiger partial charge in [0.2, 0.25) is 0 Å². The zero-order valence-electron chi connectivity index (χ0n) is 15.9. The molecule has 0 saturated carbocycles. The zero-order valence-corrected chi connectivity index (χ0v) is 16.7. The number of hydrogen-bond donors (Lipinski definition) is 1. The van der Waals surface area contributed by atoms with Gasteiger partial charge in [0.1, 0.15) is 17.7 Å². The number of hydrogen-bond acceptors (Lipinski definition) is 6. The lowest BCUT2D eigenvalue weighted by molar-refractivity contribution is 0.0946. The Morgan fingerprint density at radius 3 is 2.70 bits per heavy atom. The lowest BCUT2D eigenvalue weighted by atomic mass is 10.0. The molecule has 3 heterocycles. The first-order chi connectivity index (χ1) is 14.4. The van der Waals surface area contributed by atoms with Gasteiger partial charge in [-0.05, 0) is 38.1 Å².